The van der Waals surface area contributed by atoms with Crippen LogP contribution in [0.2, 0.25) is 0 Å². The lowest BCUT2D eigenvalue weighted by Gasteiger charge is -2.11. The molecule has 21 heavy (non-hydrogen) atoms. The van der Waals surface area contributed by atoms with Crippen LogP contribution < -0.4 is 5.32 Å². The van der Waals surface area contributed by atoms with Gasteiger partial charge in [-0.25, -0.2) is 8.78 Å². The fraction of sp³-hybridized carbons (Fsp3) is 0.385. The summed E-state index contributed by atoms with van der Waals surface area (Å²) in [5.74, 6) is -1.36. The molecular weight excluding hydrogens is 316 g/mol. The molecule has 0 bridgehead atoms. The van der Waals surface area contributed by atoms with Crippen LogP contribution in [-0.4, -0.2) is 27.1 Å². The second-order valence-corrected chi connectivity index (χ2v) is 7.00. The fourth-order valence-corrected chi connectivity index (χ4v) is 3.59. The number of nitrogens with zero attached hydrogens (tertiary/aromatic N) is 2. The molecule has 0 aliphatic heterocycles. The number of aromatic nitrogens is 2. The van der Waals surface area contributed by atoms with Gasteiger partial charge in [0.15, 0.2) is 4.34 Å². The van der Waals surface area contributed by atoms with E-state index in [4.69, 9.17) is 0 Å². The average Bonchev–Trinajstić information content (AvgIpc) is 3.13. The molecule has 1 aliphatic carbocycles. The third-order valence-electron chi connectivity index (χ3n) is 3.01. The topological polar surface area (TPSA) is 58.0 Å². The van der Waals surface area contributed by atoms with Gasteiger partial charge in [-0.1, -0.05) is 29.2 Å². The molecule has 4 nitrogen and oxygen atoms in total. The van der Waals surface area contributed by atoms with E-state index in [2.05, 4.69) is 15.5 Å². The molecule has 0 amide bonds. The quantitative estimate of drug-likeness (QED) is 0.797. The van der Waals surface area contributed by atoms with Gasteiger partial charge in [0.25, 0.3) is 0 Å². The summed E-state index contributed by atoms with van der Waals surface area (Å²) in [4.78, 5) is 0. The van der Waals surface area contributed by atoms with Crippen molar-refractivity contribution in [3.05, 3.63) is 35.4 Å². The minimum absolute atomic E-state index is 0.121. The largest absolute Gasteiger partial charge is 0.387 e. The molecule has 1 saturated carbocycles. The molecule has 0 saturated heterocycles. The van der Waals surface area contributed by atoms with Crippen LogP contribution in [-0.2, 0) is 0 Å². The van der Waals surface area contributed by atoms with Crippen LogP contribution in [0, 0.1) is 11.6 Å². The van der Waals surface area contributed by atoms with Crippen LogP contribution in [0.15, 0.2) is 22.5 Å². The number of nitrogens with one attached hydrogen (secondary N) is 1. The number of hydrogen-bond acceptors (Lipinski definition) is 6. The van der Waals surface area contributed by atoms with Gasteiger partial charge in [0.1, 0.15) is 11.6 Å². The standard InChI is InChI=1S/C13H13F2N3OS2/c14-8-2-1-3-9(15)11(8)10(19)6-20-13-18-17-12(21-13)16-7-4-5-7/h1-3,7,10,19H,4-6H2,(H,16,17). The van der Waals surface area contributed by atoms with E-state index >= 15 is 0 Å². The lowest BCUT2D eigenvalue weighted by Crippen LogP contribution is -2.06. The van der Waals surface area contributed by atoms with E-state index in [1.807, 2.05) is 0 Å². The van der Waals surface area contributed by atoms with Gasteiger partial charge in [-0.15, -0.1) is 10.2 Å². The lowest BCUT2D eigenvalue weighted by molar-refractivity contribution is 0.193. The Morgan fingerprint density at radius 3 is 2.71 bits per heavy atom. The number of benzene rings is 1. The Kier molecular flexibility index (Phi) is 4.37. The zero-order valence-electron chi connectivity index (χ0n) is 10.9. The highest BCUT2D eigenvalue weighted by Gasteiger charge is 2.23. The maximum absolute atomic E-state index is 13.5. The summed E-state index contributed by atoms with van der Waals surface area (Å²) in [5.41, 5.74) is -0.300. The van der Waals surface area contributed by atoms with Gasteiger partial charge in [0, 0.05) is 11.8 Å². The van der Waals surface area contributed by atoms with E-state index in [1.54, 1.807) is 0 Å². The summed E-state index contributed by atoms with van der Waals surface area (Å²) in [6, 6.07) is 4.03. The first-order chi connectivity index (χ1) is 10.1. The van der Waals surface area contributed by atoms with Crippen molar-refractivity contribution in [2.75, 3.05) is 11.1 Å². The predicted octanol–water partition coefficient (Wildman–Crippen LogP) is 3.22. The monoisotopic (exact) mass is 329 g/mol. The van der Waals surface area contributed by atoms with Crippen LogP contribution in [0.25, 0.3) is 0 Å². The normalized spacial score (nSPS) is 16.0. The molecule has 1 atom stereocenters. The van der Waals surface area contributed by atoms with Crippen molar-refractivity contribution in [1.82, 2.24) is 10.2 Å². The van der Waals surface area contributed by atoms with Crippen LogP contribution in [0.3, 0.4) is 0 Å². The van der Waals surface area contributed by atoms with Crippen molar-refractivity contribution in [2.24, 2.45) is 0 Å². The first-order valence-electron chi connectivity index (χ1n) is 6.48. The van der Waals surface area contributed by atoms with Crippen LogP contribution >= 0.6 is 23.1 Å². The molecule has 8 heteroatoms. The molecule has 1 fully saturated rings. The Morgan fingerprint density at radius 2 is 2.05 bits per heavy atom. The maximum Gasteiger partial charge on any atom is 0.206 e. The summed E-state index contributed by atoms with van der Waals surface area (Å²) >= 11 is 2.61. The lowest BCUT2D eigenvalue weighted by atomic mass is 10.1. The number of thioether (sulfide) groups is 1. The number of anilines is 1. The molecule has 1 heterocycles. The van der Waals surface area contributed by atoms with E-state index < -0.39 is 17.7 Å². The molecule has 0 radical (unpaired) electrons. The Bertz CT molecular complexity index is 613. The summed E-state index contributed by atoms with van der Waals surface area (Å²) < 4.78 is 27.7. The summed E-state index contributed by atoms with van der Waals surface area (Å²) in [7, 11) is 0. The van der Waals surface area contributed by atoms with Crippen molar-refractivity contribution in [2.45, 2.75) is 29.3 Å². The first-order valence-corrected chi connectivity index (χ1v) is 8.28. The first kappa shape index (κ1) is 14.7. The second-order valence-electron chi connectivity index (χ2n) is 4.75. The summed E-state index contributed by atoms with van der Waals surface area (Å²) in [5, 5.41) is 21.9. The van der Waals surface area contributed by atoms with E-state index in [0.29, 0.717) is 10.4 Å². The third kappa shape index (κ3) is 3.69. The van der Waals surface area contributed by atoms with E-state index in [9.17, 15) is 13.9 Å². The Morgan fingerprint density at radius 1 is 1.33 bits per heavy atom. The molecule has 1 aromatic carbocycles. The molecule has 3 rings (SSSR count). The fourth-order valence-electron chi connectivity index (χ4n) is 1.79. The molecule has 112 valence electrons. The molecular formula is C13H13F2N3OS2. The zero-order chi connectivity index (χ0) is 14.8. The van der Waals surface area contributed by atoms with Gasteiger partial charge in [0.05, 0.1) is 11.7 Å². The predicted molar refractivity (Wildman–Crippen MR) is 78.6 cm³/mol. The van der Waals surface area contributed by atoms with Gasteiger partial charge in [-0.05, 0) is 25.0 Å². The van der Waals surface area contributed by atoms with Crippen LogP contribution in [0.5, 0.6) is 0 Å². The highest BCUT2D eigenvalue weighted by atomic mass is 32.2. The summed E-state index contributed by atoms with van der Waals surface area (Å²) in [6.07, 6.45) is 1.07. The highest BCUT2D eigenvalue weighted by molar-refractivity contribution is 8.01. The van der Waals surface area contributed by atoms with Gasteiger partial charge in [-0.3, -0.25) is 0 Å². The molecule has 2 aromatic rings. The second kappa shape index (κ2) is 6.25. The highest BCUT2D eigenvalue weighted by Crippen LogP contribution is 2.32. The number of aliphatic hydroxyl groups excluding tert-OH is 1. The Hall–Kier alpha value is -1.25. The Balaban J connectivity index is 1.60. The zero-order valence-corrected chi connectivity index (χ0v) is 12.6. The smallest absolute Gasteiger partial charge is 0.206 e. The van der Waals surface area contributed by atoms with Crippen molar-refractivity contribution in [3.8, 4) is 0 Å². The van der Waals surface area contributed by atoms with Crippen molar-refractivity contribution in [1.29, 1.82) is 0 Å². The molecule has 0 spiro atoms. The summed E-state index contributed by atoms with van der Waals surface area (Å²) in [6.45, 7) is 0. The van der Waals surface area contributed by atoms with E-state index in [-0.39, 0.29) is 11.3 Å². The van der Waals surface area contributed by atoms with Crippen LogP contribution in [0.1, 0.15) is 24.5 Å². The minimum atomic E-state index is -1.22. The molecule has 1 aliphatic rings. The van der Waals surface area contributed by atoms with E-state index in [1.165, 1.54) is 29.2 Å². The van der Waals surface area contributed by atoms with Gasteiger partial charge in [0.2, 0.25) is 5.13 Å². The molecule has 2 N–H and O–H groups in total. The van der Waals surface area contributed by atoms with Gasteiger partial charge >= 0.3 is 0 Å². The maximum atomic E-state index is 13.5. The van der Waals surface area contributed by atoms with Crippen molar-refractivity contribution >= 4 is 28.2 Å². The number of halogens is 2. The average molecular weight is 329 g/mol. The molecule has 1 aromatic heterocycles. The van der Waals surface area contributed by atoms with Crippen LogP contribution in [0.4, 0.5) is 13.9 Å². The van der Waals surface area contributed by atoms with Gasteiger partial charge in [-0.2, -0.15) is 0 Å². The van der Waals surface area contributed by atoms with E-state index in [0.717, 1.165) is 30.1 Å². The number of rotatable bonds is 6. The number of hydrogen-bond donors (Lipinski definition) is 2. The van der Waals surface area contributed by atoms with Gasteiger partial charge < -0.3 is 10.4 Å². The van der Waals surface area contributed by atoms with Crippen molar-refractivity contribution in [3.63, 3.8) is 0 Å². The third-order valence-corrected chi connectivity index (χ3v) is 5.07. The SMILES string of the molecule is OC(CSc1nnc(NC2CC2)s1)c1c(F)cccc1F. The number of aliphatic hydroxyl groups is 1. The van der Waals surface area contributed by atoms with Crippen molar-refractivity contribution < 1.29 is 13.9 Å². The minimum Gasteiger partial charge on any atom is -0.387 e. The molecule has 1 unspecified atom stereocenters. The Labute approximate surface area is 128 Å².